The molecule has 10 heteroatoms. The van der Waals surface area contributed by atoms with Gasteiger partial charge in [0, 0.05) is 0 Å². The number of anilines is 1. The van der Waals surface area contributed by atoms with Crippen LogP contribution < -0.4 is 20.3 Å². The summed E-state index contributed by atoms with van der Waals surface area (Å²) in [5, 5.41) is 10.9. The van der Waals surface area contributed by atoms with Crippen molar-refractivity contribution in [1.29, 1.82) is 0 Å². The van der Waals surface area contributed by atoms with E-state index in [4.69, 9.17) is 14.3 Å². The molecular weight excluding hydrogens is 408 g/mol. The molecule has 1 saturated heterocycles. The number of nitrogens with one attached hydrogen (secondary N) is 2. The van der Waals surface area contributed by atoms with Crippen LogP contribution in [-0.4, -0.2) is 42.7 Å². The molecule has 1 fully saturated rings. The molecule has 0 aromatic heterocycles. The van der Waals surface area contributed by atoms with E-state index in [0.29, 0.717) is 33.7 Å². The van der Waals surface area contributed by atoms with Gasteiger partial charge in [0.2, 0.25) is 5.91 Å². The molecule has 9 nitrogen and oxygen atoms in total. The number of amides is 1. The van der Waals surface area contributed by atoms with Crippen LogP contribution in [0.4, 0.5) is 5.69 Å². The van der Waals surface area contributed by atoms with Gasteiger partial charge in [-0.1, -0.05) is 29.5 Å². The molecule has 2 aromatic rings. The molecule has 2 aromatic carbocycles. The Morgan fingerprint density at radius 2 is 2.03 bits per heavy atom. The molecule has 2 N–H and O–H groups in total. The van der Waals surface area contributed by atoms with E-state index in [1.165, 1.54) is 25.1 Å². The first-order chi connectivity index (χ1) is 14.5. The highest BCUT2D eigenvalue weighted by atomic mass is 32.2. The fourth-order valence-electron chi connectivity index (χ4n) is 2.31. The molecule has 0 saturated carbocycles. The van der Waals surface area contributed by atoms with Crippen LogP contribution >= 0.6 is 11.8 Å². The second kappa shape index (κ2) is 10.3. The molecule has 0 aliphatic carbocycles. The van der Waals surface area contributed by atoms with Crippen molar-refractivity contribution in [3.05, 3.63) is 53.6 Å². The SMILES string of the molecule is COc1cc(C=NN=C2NC(=O)CS2)ccc1OCC(=O)ONc1ccc(C)cc1. The Labute approximate surface area is 177 Å². The van der Waals surface area contributed by atoms with Crippen LogP contribution in [0, 0.1) is 6.92 Å². The van der Waals surface area contributed by atoms with Gasteiger partial charge in [-0.05, 0) is 42.8 Å². The minimum atomic E-state index is -0.588. The Balaban J connectivity index is 1.52. The zero-order valence-electron chi connectivity index (χ0n) is 16.4. The summed E-state index contributed by atoms with van der Waals surface area (Å²) in [4.78, 5) is 28.0. The second-order valence-electron chi connectivity index (χ2n) is 6.13. The summed E-state index contributed by atoms with van der Waals surface area (Å²) in [6.07, 6.45) is 1.52. The minimum Gasteiger partial charge on any atom is -0.493 e. The summed E-state index contributed by atoms with van der Waals surface area (Å²) in [7, 11) is 1.49. The number of rotatable bonds is 8. The standard InChI is InChI=1S/C20H20N4O5S/c1-13-3-6-15(7-4-13)24-29-19(26)11-28-16-8-5-14(9-17(16)27-2)10-21-23-20-22-18(25)12-30-20/h3-10,24H,11-12H2,1-2H3,(H,22,23,25). The lowest BCUT2D eigenvalue weighted by molar-refractivity contribution is -0.143. The average molecular weight is 428 g/mol. The van der Waals surface area contributed by atoms with Gasteiger partial charge < -0.3 is 19.6 Å². The van der Waals surface area contributed by atoms with Gasteiger partial charge in [0.1, 0.15) is 0 Å². The summed E-state index contributed by atoms with van der Waals surface area (Å²) in [5.74, 6) is 0.471. The molecule has 0 unspecified atom stereocenters. The Kier molecular flexibility index (Phi) is 7.28. The number of benzene rings is 2. The second-order valence-corrected chi connectivity index (χ2v) is 7.09. The van der Waals surface area contributed by atoms with E-state index in [9.17, 15) is 9.59 Å². The molecule has 0 bridgehead atoms. The van der Waals surface area contributed by atoms with E-state index in [-0.39, 0.29) is 12.5 Å². The van der Waals surface area contributed by atoms with E-state index < -0.39 is 5.97 Å². The predicted octanol–water partition coefficient (Wildman–Crippen LogP) is 2.51. The van der Waals surface area contributed by atoms with Gasteiger partial charge in [-0.15, -0.1) is 5.10 Å². The third-order valence-corrected chi connectivity index (χ3v) is 4.67. The van der Waals surface area contributed by atoms with Crippen molar-refractivity contribution in [2.24, 2.45) is 10.2 Å². The summed E-state index contributed by atoms with van der Waals surface area (Å²) < 4.78 is 10.8. The summed E-state index contributed by atoms with van der Waals surface area (Å²) in [5.41, 5.74) is 5.05. The number of aryl methyl sites for hydroxylation is 1. The van der Waals surface area contributed by atoms with Crippen LogP contribution in [0.5, 0.6) is 11.5 Å². The van der Waals surface area contributed by atoms with Crippen LogP contribution in [0.3, 0.4) is 0 Å². The van der Waals surface area contributed by atoms with Gasteiger partial charge in [-0.25, -0.2) is 10.3 Å². The number of amidine groups is 1. The first-order valence-corrected chi connectivity index (χ1v) is 9.89. The van der Waals surface area contributed by atoms with E-state index in [0.717, 1.165) is 5.56 Å². The average Bonchev–Trinajstić information content (AvgIpc) is 3.17. The number of nitrogens with zero attached hydrogens (tertiary/aromatic N) is 2. The molecule has 1 aliphatic heterocycles. The molecule has 1 aliphatic rings. The van der Waals surface area contributed by atoms with Crippen LogP contribution in [0.1, 0.15) is 11.1 Å². The smallest absolute Gasteiger partial charge is 0.369 e. The minimum absolute atomic E-state index is 0.0929. The highest BCUT2D eigenvalue weighted by Gasteiger charge is 2.16. The van der Waals surface area contributed by atoms with Crippen LogP contribution in [0.25, 0.3) is 0 Å². The number of methoxy groups -OCH3 is 1. The van der Waals surface area contributed by atoms with Gasteiger partial charge in [0.25, 0.3) is 0 Å². The molecule has 0 radical (unpaired) electrons. The zero-order chi connectivity index (χ0) is 21.3. The monoisotopic (exact) mass is 428 g/mol. The van der Waals surface area contributed by atoms with Gasteiger partial charge >= 0.3 is 5.97 Å². The largest absolute Gasteiger partial charge is 0.493 e. The Bertz CT molecular complexity index is 976. The molecule has 30 heavy (non-hydrogen) atoms. The van der Waals surface area contributed by atoms with Crippen molar-refractivity contribution in [1.82, 2.24) is 5.32 Å². The van der Waals surface area contributed by atoms with Crippen LogP contribution in [0.15, 0.2) is 52.7 Å². The van der Waals surface area contributed by atoms with E-state index in [1.807, 2.05) is 19.1 Å². The molecule has 1 amide bonds. The Morgan fingerprint density at radius 1 is 1.23 bits per heavy atom. The first-order valence-electron chi connectivity index (χ1n) is 8.90. The number of ether oxygens (including phenoxy) is 2. The number of hydrogen-bond acceptors (Lipinski definition) is 9. The molecule has 1 heterocycles. The van der Waals surface area contributed by atoms with Gasteiger partial charge in [-0.3, -0.25) is 4.79 Å². The number of hydrogen-bond donors (Lipinski definition) is 2. The third kappa shape index (κ3) is 6.24. The van der Waals surface area contributed by atoms with Crippen molar-refractivity contribution in [3.8, 4) is 11.5 Å². The van der Waals surface area contributed by atoms with Gasteiger partial charge in [0.05, 0.1) is 24.8 Å². The van der Waals surface area contributed by atoms with Crippen molar-refractivity contribution >= 4 is 40.7 Å². The van der Waals surface area contributed by atoms with Crippen molar-refractivity contribution < 1.29 is 23.9 Å². The highest BCUT2D eigenvalue weighted by Crippen LogP contribution is 2.27. The lowest BCUT2D eigenvalue weighted by atomic mass is 10.2. The molecular formula is C20H20N4O5S. The topological polar surface area (TPSA) is 111 Å². The zero-order valence-corrected chi connectivity index (χ0v) is 17.2. The quantitative estimate of drug-likeness (QED) is 0.491. The molecule has 3 rings (SSSR count). The fourth-order valence-corrected chi connectivity index (χ4v) is 2.95. The maximum absolute atomic E-state index is 11.9. The Morgan fingerprint density at radius 3 is 2.73 bits per heavy atom. The van der Waals surface area contributed by atoms with E-state index in [2.05, 4.69) is 21.0 Å². The number of carbonyl (C=O) groups is 2. The van der Waals surface area contributed by atoms with E-state index in [1.54, 1.807) is 30.3 Å². The highest BCUT2D eigenvalue weighted by molar-refractivity contribution is 8.15. The summed E-state index contributed by atoms with van der Waals surface area (Å²) in [6.45, 7) is 1.67. The lowest BCUT2D eigenvalue weighted by Crippen LogP contribution is -2.19. The molecule has 0 atom stereocenters. The van der Waals surface area contributed by atoms with Crippen LogP contribution in [-0.2, 0) is 14.4 Å². The maximum atomic E-state index is 11.9. The van der Waals surface area contributed by atoms with Crippen molar-refractivity contribution in [3.63, 3.8) is 0 Å². The predicted molar refractivity (Wildman–Crippen MR) is 115 cm³/mol. The lowest BCUT2D eigenvalue weighted by Gasteiger charge is -2.11. The third-order valence-electron chi connectivity index (χ3n) is 3.81. The molecule has 156 valence electrons. The van der Waals surface area contributed by atoms with E-state index >= 15 is 0 Å². The van der Waals surface area contributed by atoms with Gasteiger partial charge in [-0.2, -0.15) is 5.10 Å². The number of thioether (sulfide) groups is 1. The normalized spacial score (nSPS) is 14.6. The summed E-state index contributed by atoms with van der Waals surface area (Å²) in [6, 6.07) is 12.5. The first kappa shape index (κ1) is 21.2. The van der Waals surface area contributed by atoms with Crippen molar-refractivity contribution in [2.75, 3.05) is 24.9 Å². The van der Waals surface area contributed by atoms with Crippen molar-refractivity contribution in [2.45, 2.75) is 6.92 Å². The van der Waals surface area contributed by atoms with Crippen LogP contribution in [0.2, 0.25) is 0 Å². The number of carbonyl (C=O) groups excluding carboxylic acids is 2. The van der Waals surface area contributed by atoms with Gasteiger partial charge in [0.15, 0.2) is 23.3 Å². The fraction of sp³-hybridized carbons (Fsp3) is 0.200. The Hall–Kier alpha value is -3.53. The maximum Gasteiger partial charge on any atom is 0.369 e. The summed E-state index contributed by atoms with van der Waals surface area (Å²) >= 11 is 1.29. The molecule has 0 spiro atoms.